The molecule has 2 aromatic heterocycles. The summed E-state index contributed by atoms with van der Waals surface area (Å²) in [6.45, 7) is 8.15. The van der Waals surface area contributed by atoms with E-state index in [1.54, 1.807) is 12.3 Å². The molecule has 96 valence electrons. The van der Waals surface area contributed by atoms with Crippen LogP contribution in [0.15, 0.2) is 18.5 Å². The highest BCUT2D eigenvalue weighted by Gasteiger charge is 2.17. The average molecular weight is 264 g/mol. The van der Waals surface area contributed by atoms with Crippen molar-refractivity contribution >= 4 is 17.3 Å². The highest BCUT2D eigenvalue weighted by atomic mass is 32.1. The number of carboxylic acid groups (broad SMARTS) is 1. The monoisotopic (exact) mass is 264 g/mol. The number of aromatic nitrogens is 2. The Morgan fingerprint density at radius 3 is 2.56 bits per heavy atom. The van der Waals surface area contributed by atoms with E-state index in [0.29, 0.717) is 4.88 Å². The predicted molar refractivity (Wildman–Crippen MR) is 72.2 cm³/mol. The van der Waals surface area contributed by atoms with E-state index in [0.717, 1.165) is 16.0 Å². The molecule has 2 aromatic rings. The number of aryl methyl sites for hydroxylation is 1. The fraction of sp³-hybridized carbons (Fsp3) is 0.385. The van der Waals surface area contributed by atoms with E-state index in [4.69, 9.17) is 5.11 Å². The fourth-order valence-corrected chi connectivity index (χ4v) is 2.67. The minimum Gasteiger partial charge on any atom is -0.477 e. The van der Waals surface area contributed by atoms with Gasteiger partial charge in [-0.05, 0) is 39.3 Å². The Labute approximate surface area is 110 Å². The number of hydrogen-bond acceptors (Lipinski definition) is 3. The first-order valence-electron chi connectivity index (χ1n) is 5.68. The molecule has 1 N–H and O–H groups in total. The molecule has 5 heteroatoms. The molecule has 2 heterocycles. The third-order valence-electron chi connectivity index (χ3n) is 2.66. The third-order valence-corrected chi connectivity index (χ3v) is 3.93. The van der Waals surface area contributed by atoms with Gasteiger partial charge in [0.25, 0.3) is 0 Å². The van der Waals surface area contributed by atoms with Crippen LogP contribution in [0.1, 0.15) is 36.0 Å². The Kier molecular flexibility index (Phi) is 3.02. The van der Waals surface area contributed by atoms with Gasteiger partial charge in [0.2, 0.25) is 0 Å². The zero-order valence-corrected chi connectivity index (χ0v) is 11.7. The first-order valence-corrected chi connectivity index (χ1v) is 6.50. The van der Waals surface area contributed by atoms with Crippen LogP contribution in [0.5, 0.6) is 0 Å². The van der Waals surface area contributed by atoms with Gasteiger partial charge in [-0.25, -0.2) is 4.79 Å². The van der Waals surface area contributed by atoms with Crippen LogP contribution in [0.4, 0.5) is 0 Å². The number of thiophene rings is 1. The molecule has 0 saturated heterocycles. The summed E-state index contributed by atoms with van der Waals surface area (Å²) >= 11 is 1.29. The van der Waals surface area contributed by atoms with Crippen LogP contribution in [0, 0.1) is 6.92 Å². The zero-order chi connectivity index (χ0) is 13.5. The van der Waals surface area contributed by atoms with Crippen LogP contribution in [-0.4, -0.2) is 20.9 Å². The average Bonchev–Trinajstić information content (AvgIpc) is 2.81. The summed E-state index contributed by atoms with van der Waals surface area (Å²) < 4.78 is 1.89. The zero-order valence-electron chi connectivity index (χ0n) is 10.9. The second kappa shape index (κ2) is 4.24. The van der Waals surface area contributed by atoms with Gasteiger partial charge in [-0.1, -0.05) is 0 Å². The van der Waals surface area contributed by atoms with Crippen LogP contribution in [-0.2, 0) is 5.54 Å². The van der Waals surface area contributed by atoms with E-state index >= 15 is 0 Å². The number of rotatable bonds is 2. The number of aromatic carboxylic acids is 1. The Bertz CT molecular complexity index is 590. The molecule has 0 bridgehead atoms. The summed E-state index contributed by atoms with van der Waals surface area (Å²) in [6, 6.07) is 1.71. The van der Waals surface area contributed by atoms with Gasteiger partial charge < -0.3 is 5.11 Å². The molecule has 0 aliphatic heterocycles. The Morgan fingerprint density at radius 2 is 2.11 bits per heavy atom. The summed E-state index contributed by atoms with van der Waals surface area (Å²) in [5.41, 5.74) is 1.88. The lowest BCUT2D eigenvalue weighted by atomic mass is 10.1. The van der Waals surface area contributed by atoms with E-state index in [1.807, 2.05) is 17.8 Å². The van der Waals surface area contributed by atoms with Crippen molar-refractivity contribution in [3.8, 4) is 10.4 Å². The van der Waals surface area contributed by atoms with Crippen molar-refractivity contribution in [3.63, 3.8) is 0 Å². The Hall–Kier alpha value is -1.62. The summed E-state index contributed by atoms with van der Waals surface area (Å²) in [6.07, 6.45) is 3.75. The molecular formula is C13H16N2O2S. The molecule has 18 heavy (non-hydrogen) atoms. The number of nitrogens with zero attached hydrogens (tertiary/aromatic N) is 2. The lowest BCUT2D eigenvalue weighted by Crippen LogP contribution is -2.21. The smallest absolute Gasteiger partial charge is 0.345 e. The Balaban J connectivity index is 2.43. The van der Waals surface area contributed by atoms with E-state index in [9.17, 15) is 4.79 Å². The Morgan fingerprint density at radius 1 is 1.44 bits per heavy atom. The van der Waals surface area contributed by atoms with Crippen molar-refractivity contribution in [3.05, 3.63) is 28.9 Å². The van der Waals surface area contributed by atoms with Crippen LogP contribution >= 0.6 is 11.3 Å². The molecule has 4 nitrogen and oxygen atoms in total. The summed E-state index contributed by atoms with van der Waals surface area (Å²) in [5.74, 6) is -0.877. The van der Waals surface area contributed by atoms with Crippen LogP contribution in [0.25, 0.3) is 10.4 Å². The van der Waals surface area contributed by atoms with Gasteiger partial charge in [0.1, 0.15) is 4.88 Å². The highest BCUT2D eigenvalue weighted by molar-refractivity contribution is 7.17. The molecule has 0 unspecified atom stereocenters. The molecule has 0 saturated carbocycles. The molecule has 0 amide bonds. The minimum atomic E-state index is -0.877. The fourth-order valence-electron chi connectivity index (χ4n) is 1.68. The summed E-state index contributed by atoms with van der Waals surface area (Å²) in [7, 11) is 0. The van der Waals surface area contributed by atoms with Crippen molar-refractivity contribution in [1.29, 1.82) is 0 Å². The van der Waals surface area contributed by atoms with Gasteiger partial charge in [-0.3, -0.25) is 4.68 Å². The van der Waals surface area contributed by atoms with Crippen molar-refractivity contribution in [2.24, 2.45) is 0 Å². The van der Waals surface area contributed by atoms with Crippen molar-refractivity contribution in [2.45, 2.75) is 33.2 Å². The number of hydrogen-bond donors (Lipinski definition) is 1. The van der Waals surface area contributed by atoms with Crippen LogP contribution < -0.4 is 0 Å². The van der Waals surface area contributed by atoms with E-state index in [1.165, 1.54) is 11.3 Å². The van der Waals surface area contributed by atoms with Crippen LogP contribution in [0.3, 0.4) is 0 Å². The molecule has 0 spiro atoms. The van der Waals surface area contributed by atoms with Gasteiger partial charge in [0.15, 0.2) is 0 Å². The largest absolute Gasteiger partial charge is 0.477 e. The van der Waals surface area contributed by atoms with Gasteiger partial charge in [-0.2, -0.15) is 5.10 Å². The molecule has 0 fully saturated rings. The van der Waals surface area contributed by atoms with Crippen molar-refractivity contribution in [2.75, 3.05) is 0 Å². The normalized spacial score (nSPS) is 11.8. The van der Waals surface area contributed by atoms with E-state index in [-0.39, 0.29) is 5.54 Å². The highest BCUT2D eigenvalue weighted by Crippen LogP contribution is 2.32. The van der Waals surface area contributed by atoms with Gasteiger partial charge in [0, 0.05) is 16.6 Å². The lowest BCUT2D eigenvalue weighted by Gasteiger charge is -2.18. The topological polar surface area (TPSA) is 55.1 Å². The number of carbonyl (C=O) groups is 1. The molecule has 2 rings (SSSR count). The lowest BCUT2D eigenvalue weighted by molar-refractivity contribution is 0.0702. The molecule has 0 radical (unpaired) electrons. The van der Waals surface area contributed by atoms with Crippen molar-refractivity contribution < 1.29 is 9.90 Å². The molecule has 0 aliphatic rings. The summed E-state index contributed by atoms with van der Waals surface area (Å²) in [4.78, 5) is 12.3. The first kappa shape index (κ1) is 12.8. The van der Waals surface area contributed by atoms with E-state index < -0.39 is 5.97 Å². The molecular weight excluding hydrogens is 248 g/mol. The summed E-state index contributed by atoms with van der Waals surface area (Å²) in [5, 5.41) is 13.3. The van der Waals surface area contributed by atoms with E-state index in [2.05, 4.69) is 25.9 Å². The quantitative estimate of drug-likeness (QED) is 0.904. The minimum absolute atomic E-state index is 0.0704. The second-order valence-electron chi connectivity index (χ2n) is 5.27. The standard InChI is InChI=1S/C13H16N2O2S/c1-8-5-10(12(16)17)18-11(8)9-6-14-15(7-9)13(2,3)4/h5-7H,1-4H3,(H,16,17). The molecule has 0 aliphatic carbocycles. The number of carboxylic acids is 1. The maximum atomic E-state index is 11.0. The molecule has 0 aromatic carbocycles. The first-order chi connectivity index (χ1) is 8.29. The van der Waals surface area contributed by atoms with Gasteiger partial charge >= 0.3 is 5.97 Å². The third kappa shape index (κ3) is 2.31. The maximum absolute atomic E-state index is 11.0. The van der Waals surface area contributed by atoms with Gasteiger partial charge in [0.05, 0.1) is 11.7 Å². The maximum Gasteiger partial charge on any atom is 0.345 e. The second-order valence-corrected chi connectivity index (χ2v) is 6.32. The predicted octanol–water partition coefficient (Wildman–Crippen LogP) is 3.37. The SMILES string of the molecule is Cc1cc(C(=O)O)sc1-c1cnn(C(C)(C)C)c1. The molecule has 0 atom stereocenters. The van der Waals surface area contributed by atoms with Crippen LogP contribution in [0.2, 0.25) is 0 Å². The van der Waals surface area contributed by atoms with Gasteiger partial charge in [-0.15, -0.1) is 11.3 Å². The van der Waals surface area contributed by atoms with Crippen molar-refractivity contribution in [1.82, 2.24) is 9.78 Å².